The van der Waals surface area contributed by atoms with Gasteiger partial charge in [-0.2, -0.15) is 0 Å². The van der Waals surface area contributed by atoms with E-state index >= 15 is 0 Å². The van der Waals surface area contributed by atoms with E-state index in [4.69, 9.17) is 16.7 Å². The van der Waals surface area contributed by atoms with Crippen LogP contribution in [0, 0.1) is 13.8 Å². The highest BCUT2D eigenvalue weighted by Gasteiger charge is 2.26. The van der Waals surface area contributed by atoms with Gasteiger partial charge in [0.2, 0.25) is 5.91 Å². The lowest BCUT2D eigenvalue weighted by atomic mass is 10.1. The molecule has 0 radical (unpaired) electrons. The molecule has 0 aliphatic carbocycles. The molecule has 0 aliphatic rings. The number of nitrogens with zero attached hydrogens (tertiary/aromatic N) is 1. The van der Waals surface area contributed by atoms with Crippen LogP contribution in [0.2, 0.25) is 5.02 Å². The number of carbonyl (C=O) groups is 2. The molecule has 3 aromatic carbocycles. The number of carboxylic acid groups (broad SMARTS) is 1. The Morgan fingerprint density at radius 1 is 1.00 bits per heavy atom. The maximum Gasteiger partial charge on any atom is 0.335 e. The van der Waals surface area contributed by atoms with E-state index in [1.165, 1.54) is 16.4 Å². The smallest absolute Gasteiger partial charge is 0.335 e. The van der Waals surface area contributed by atoms with Crippen LogP contribution in [0.15, 0.2) is 71.6 Å². The zero-order chi connectivity index (χ0) is 25.6. The summed E-state index contributed by atoms with van der Waals surface area (Å²) in [6, 6.07) is 18.0. The first-order chi connectivity index (χ1) is 16.6. The van der Waals surface area contributed by atoms with E-state index in [0.717, 1.165) is 5.56 Å². The number of rotatable bonds is 10. The van der Waals surface area contributed by atoms with Gasteiger partial charge in [-0.1, -0.05) is 47.5 Å². The second-order valence-electron chi connectivity index (χ2n) is 8.16. The SMILES string of the molecule is Cc1ccc(S(=O)(=O)N(CCCC(=O)NCc2cccc(C(=O)O)c2)c2cccc(Cl)c2C)cc1. The fourth-order valence-corrected chi connectivity index (χ4v) is 5.29. The molecule has 35 heavy (non-hydrogen) atoms. The lowest BCUT2D eigenvalue weighted by Crippen LogP contribution is -2.33. The molecule has 9 heteroatoms. The summed E-state index contributed by atoms with van der Waals surface area (Å²) in [6.07, 6.45) is 0.371. The molecule has 0 aromatic heterocycles. The molecule has 184 valence electrons. The van der Waals surface area contributed by atoms with E-state index in [-0.39, 0.29) is 42.3 Å². The van der Waals surface area contributed by atoms with Gasteiger partial charge in [0, 0.05) is 24.5 Å². The Balaban J connectivity index is 1.72. The molecule has 0 aliphatic heterocycles. The van der Waals surface area contributed by atoms with Crippen LogP contribution in [-0.2, 0) is 21.4 Å². The molecule has 0 heterocycles. The first kappa shape index (κ1) is 26.2. The van der Waals surface area contributed by atoms with Crippen LogP contribution in [0.1, 0.15) is 39.9 Å². The largest absolute Gasteiger partial charge is 0.478 e. The minimum absolute atomic E-state index is 0.0827. The summed E-state index contributed by atoms with van der Waals surface area (Å²) >= 11 is 6.27. The molecule has 7 nitrogen and oxygen atoms in total. The van der Waals surface area contributed by atoms with Crippen LogP contribution in [0.3, 0.4) is 0 Å². The number of amides is 1. The fraction of sp³-hybridized carbons (Fsp3) is 0.231. The van der Waals surface area contributed by atoms with Gasteiger partial charge in [0.1, 0.15) is 0 Å². The van der Waals surface area contributed by atoms with Crippen LogP contribution in [-0.4, -0.2) is 31.9 Å². The lowest BCUT2D eigenvalue weighted by molar-refractivity contribution is -0.121. The van der Waals surface area contributed by atoms with Crippen molar-refractivity contribution in [3.05, 3.63) is 94.0 Å². The minimum atomic E-state index is -3.89. The molecule has 1 amide bonds. The quantitative estimate of drug-likeness (QED) is 0.398. The number of hydrogen-bond donors (Lipinski definition) is 2. The molecule has 0 spiro atoms. The predicted molar refractivity (Wildman–Crippen MR) is 136 cm³/mol. The summed E-state index contributed by atoms with van der Waals surface area (Å²) in [6.45, 7) is 3.90. The van der Waals surface area contributed by atoms with Crippen molar-refractivity contribution in [2.24, 2.45) is 0 Å². The molecule has 3 rings (SSSR count). The summed E-state index contributed by atoms with van der Waals surface area (Å²) in [5, 5.41) is 12.3. The van der Waals surface area contributed by atoms with Crippen molar-refractivity contribution in [2.75, 3.05) is 10.8 Å². The summed E-state index contributed by atoms with van der Waals surface area (Å²) in [5.74, 6) is -1.30. The number of benzene rings is 3. The Labute approximate surface area is 210 Å². The molecular formula is C26H27ClN2O5S. The van der Waals surface area contributed by atoms with Crippen molar-refractivity contribution >= 4 is 39.2 Å². The summed E-state index contributed by atoms with van der Waals surface area (Å²) in [4.78, 5) is 23.7. The molecule has 2 N–H and O–H groups in total. The second kappa shape index (κ2) is 11.4. The highest BCUT2D eigenvalue weighted by Crippen LogP contribution is 2.31. The van der Waals surface area contributed by atoms with Crippen molar-refractivity contribution in [3.63, 3.8) is 0 Å². The molecule has 0 bridgehead atoms. The van der Waals surface area contributed by atoms with Gasteiger partial charge in [0.15, 0.2) is 0 Å². The molecule has 0 saturated heterocycles. The van der Waals surface area contributed by atoms with E-state index in [0.29, 0.717) is 21.8 Å². The molecule has 0 fully saturated rings. The summed E-state index contributed by atoms with van der Waals surface area (Å²) < 4.78 is 28.3. The van der Waals surface area contributed by atoms with Gasteiger partial charge in [-0.05, 0) is 67.8 Å². The third kappa shape index (κ3) is 6.61. The van der Waals surface area contributed by atoms with Gasteiger partial charge in [-0.15, -0.1) is 0 Å². The van der Waals surface area contributed by atoms with Gasteiger partial charge >= 0.3 is 5.97 Å². The predicted octanol–water partition coefficient (Wildman–Crippen LogP) is 4.95. The van der Waals surface area contributed by atoms with E-state index in [2.05, 4.69) is 5.32 Å². The van der Waals surface area contributed by atoms with Crippen LogP contribution in [0.5, 0.6) is 0 Å². The molecule has 0 saturated carbocycles. The van der Waals surface area contributed by atoms with Gasteiger partial charge in [-0.25, -0.2) is 13.2 Å². The average molecular weight is 515 g/mol. The van der Waals surface area contributed by atoms with Gasteiger partial charge in [-0.3, -0.25) is 9.10 Å². The molecular weight excluding hydrogens is 488 g/mol. The Bertz CT molecular complexity index is 1320. The number of anilines is 1. The number of hydrogen-bond acceptors (Lipinski definition) is 4. The zero-order valence-corrected chi connectivity index (χ0v) is 21.1. The van der Waals surface area contributed by atoms with Crippen LogP contribution in [0.25, 0.3) is 0 Å². The number of nitrogens with one attached hydrogen (secondary N) is 1. The van der Waals surface area contributed by atoms with E-state index < -0.39 is 16.0 Å². The first-order valence-electron chi connectivity index (χ1n) is 11.0. The topological polar surface area (TPSA) is 104 Å². The van der Waals surface area contributed by atoms with Gasteiger partial charge in [0.25, 0.3) is 10.0 Å². The molecule has 3 aromatic rings. The fourth-order valence-electron chi connectivity index (χ4n) is 3.56. The first-order valence-corrected chi connectivity index (χ1v) is 12.8. The highest BCUT2D eigenvalue weighted by molar-refractivity contribution is 7.92. The van der Waals surface area contributed by atoms with Crippen LogP contribution in [0.4, 0.5) is 5.69 Å². The number of aromatic carboxylic acids is 1. The van der Waals surface area contributed by atoms with Gasteiger partial charge < -0.3 is 10.4 Å². The third-order valence-electron chi connectivity index (χ3n) is 5.55. The number of aryl methyl sites for hydroxylation is 1. The van der Waals surface area contributed by atoms with Gasteiger partial charge in [0.05, 0.1) is 16.1 Å². The lowest BCUT2D eigenvalue weighted by Gasteiger charge is -2.26. The Morgan fingerprint density at radius 2 is 1.69 bits per heavy atom. The normalized spacial score (nSPS) is 11.2. The Morgan fingerprint density at radius 3 is 2.37 bits per heavy atom. The number of carboxylic acids is 1. The maximum atomic E-state index is 13.5. The Kier molecular flexibility index (Phi) is 8.53. The summed E-state index contributed by atoms with van der Waals surface area (Å²) in [7, 11) is -3.89. The number of sulfonamides is 1. The second-order valence-corrected chi connectivity index (χ2v) is 10.4. The van der Waals surface area contributed by atoms with Crippen molar-refractivity contribution < 1.29 is 23.1 Å². The monoisotopic (exact) mass is 514 g/mol. The molecule has 0 unspecified atom stereocenters. The van der Waals surface area contributed by atoms with Crippen molar-refractivity contribution in [2.45, 2.75) is 38.1 Å². The maximum absolute atomic E-state index is 13.5. The highest BCUT2D eigenvalue weighted by atomic mass is 35.5. The average Bonchev–Trinajstić information content (AvgIpc) is 2.83. The number of halogens is 1. The summed E-state index contributed by atoms with van der Waals surface area (Å²) in [5.41, 5.74) is 2.85. The zero-order valence-electron chi connectivity index (χ0n) is 19.5. The minimum Gasteiger partial charge on any atom is -0.478 e. The number of carbonyl (C=O) groups excluding carboxylic acids is 1. The molecule has 0 atom stereocenters. The van der Waals surface area contributed by atoms with Crippen LogP contribution >= 0.6 is 11.6 Å². The van der Waals surface area contributed by atoms with Crippen LogP contribution < -0.4 is 9.62 Å². The van der Waals surface area contributed by atoms with E-state index in [1.54, 1.807) is 61.5 Å². The third-order valence-corrected chi connectivity index (χ3v) is 7.78. The van der Waals surface area contributed by atoms with E-state index in [9.17, 15) is 18.0 Å². The van der Waals surface area contributed by atoms with Crippen molar-refractivity contribution in [3.8, 4) is 0 Å². The van der Waals surface area contributed by atoms with Crippen molar-refractivity contribution in [1.82, 2.24) is 5.32 Å². The van der Waals surface area contributed by atoms with E-state index in [1.807, 2.05) is 6.92 Å². The Hall–Kier alpha value is -3.36. The van der Waals surface area contributed by atoms with Crippen molar-refractivity contribution in [1.29, 1.82) is 0 Å². The standard InChI is InChI=1S/C26H27ClN2O5S/c1-18-11-13-22(14-12-18)35(33,34)29(24-9-4-8-23(27)19(24)2)15-5-10-25(30)28-17-20-6-3-7-21(16-20)26(31)32/h3-4,6-9,11-14,16H,5,10,15,17H2,1-2H3,(H,28,30)(H,31,32).